The fourth-order valence-electron chi connectivity index (χ4n) is 3.12. The van der Waals surface area contributed by atoms with Crippen LogP contribution in [0.1, 0.15) is 24.8 Å². The zero-order chi connectivity index (χ0) is 14.2. The van der Waals surface area contributed by atoms with Crippen LogP contribution >= 0.6 is 23.2 Å². The van der Waals surface area contributed by atoms with Crippen molar-refractivity contribution in [3.05, 3.63) is 33.8 Å². The van der Waals surface area contributed by atoms with Crippen molar-refractivity contribution in [3.63, 3.8) is 0 Å². The number of halogens is 2. The van der Waals surface area contributed by atoms with Gasteiger partial charge in [-0.05, 0) is 55.3 Å². The first-order valence-electron chi connectivity index (χ1n) is 7.31. The Labute approximate surface area is 130 Å². The SMILES string of the molecule is COCC1CC1.Clc1ccc([C@]23CNC[C@H]2C3)cc1Cl. The van der Waals surface area contributed by atoms with E-state index in [1.165, 1.54) is 24.8 Å². The minimum Gasteiger partial charge on any atom is -0.384 e. The van der Waals surface area contributed by atoms with E-state index in [2.05, 4.69) is 11.4 Å². The van der Waals surface area contributed by atoms with Crippen molar-refractivity contribution in [1.82, 2.24) is 5.32 Å². The van der Waals surface area contributed by atoms with Crippen LogP contribution in [0.3, 0.4) is 0 Å². The average Bonchev–Trinajstić information content (AvgIpc) is 3.35. The van der Waals surface area contributed by atoms with Gasteiger partial charge in [-0.15, -0.1) is 0 Å². The van der Waals surface area contributed by atoms with Gasteiger partial charge in [-0.25, -0.2) is 0 Å². The van der Waals surface area contributed by atoms with Crippen molar-refractivity contribution >= 4 is 23.2 Å². The Morgan fingerprint density at radius 2 is 2.10 bits per heavy atom. The lowest BCUT2D eigenvalue weighted by atomic mass is 9.95. The third-order valence-electron chi connectivity index (χ3n) is 4.66. The summed E-state index contributed by atoms with van der Waals surface area (Å²) < 4.78 is 4.87. The summed E-state index contributed by atoms with van der Waals surface area (Å²) >= 11 is 11.9. The van der Waals surface area contributed by atoms with Crippen molar-refractivity contribution in [2.45, 2.75) is 24.7 Å². The van der Waals surface area contributed by atoms with Gasteiger partial charge in [0.1, 0.15) is 0 Å². The van der Waals surface area contributed by atoms with E-state index in [0.29, 0.717) is 15.5 Å². The molecule has 0 radical (unpaired) electrons. The fraction of sp³-hybridized carbons (Fsp3) is 0.625. The van der Waals surface area contributed by atoms with Gasteiger partial charge in [0, 0.05) is 25.7 Å². The van der Waals surface area contributed by atoms with Gasteiger partial charge in [0.2, 0.25) is 0 Å². The molecule has 0 bridgehead atoms. The quantitative estimate of drug-likeness (QED) is 0.914. The van der Waals surface area contributed by atoms with Gasteiger partial charge in [0.05, 0.1) is 10.0 Å². The Morgan fingerprint density at radius 1 is 1.30 bits per heavy atom. The molecule has 0 amide bonds. The normalized spacial score (nSPS) is 30.4. The summed E-state index contributed by atoms with van der Waals surface area (Å²) in [5.41, 5.74) is 1.73. The molecule has 110 valence electrons. The highest BCUT2D eigenvalue weighted by molar-refractivity contribution is 6.42. The van der Waals surface area contributed by atoms with Gasteiger partial charge in [-0.2, -0.15) is 0 Å². The standard InChI is InChI=1S/C11H11Cl2N.C5H10O/c12-9-2-1-7(3-10(9)13)11-4-8(11)5-14-6-11;1-6-4-5-2-3-5/h1-3,8,14H,4-6H2;5H,2-4H2,1H3/t8-,11+;/m1./s1. The third kappa shape index (κ3) is 2.99. The molecule has 1 aromatic rings. The van der Waals surface area contributed by atoms with E-state index in [4.69, 9.17) is 27.9 Å². The summed E-state index contributed by atoms with van der Waals surface area (Å²) in [5.74, 6) is 1.75. The highest BCUT2D eigenvalue weighted by atomic mass is 35.5. The van der Waals surface area contributed by atoms with E-state index in [9.17, 15) is 0 Å². The van der Waals surface area contributed by atoms with Crippen LogP contribution in [-0.2, 0) is 10.2 Å². The Bertz CT molecular complexity index is 489. The maximum Gasteiger partial charge on any atom is 0.0595 e. The lowest BCUT2D eigenvalue weighted by Crippen LogP contribution is -2.19. The summed E-state index contributed by atoms with van der Waals surface area (Å²) in [6.45, 7) is 3.23. The Kier molecular flexibility index (Phi) is 4.28. The molecular formula is C16H21Cl2NO. The summed E-state index contributed by atoms with van der Waals surface area (Å²) in [7, 11) is 1.76. The van der Waals surface area contributed by atoms with Crippen LogP contribution in [0.25, 0.3) is 0 Å². The number of ether oxygens (including phenoxy) is 1. The van der Waals surface area contributed by atoms with Crippen molar-refractivity contribution in [3.8, 4) is 0 Å². The zero-order valence-electron chi connectivity index (χ0n) is 11.8. The summed E-state index contributed by atoms with van der Waals surface area (Å²) in [6.07, 6.45) is 4.10. The molecule has 3 aliphatic rings. The lowest BCUT2D eigenvalue weighted by molar-refractivity contribution is 0.186. The van der Waals surface area contributed by atoms with Crippen LogP contribution in [0.15, 0.2) is 18.2 Å². The van der Waals surface area contributed by atoms with Crippen molar-refractivity contribution < 1.29 is 4.74 Å². The molecule has 1 heterocycles. The van der Waals surface area contributed by atoms with E-state index in [0.717, 1.165) is 31.5 Å². The molecule has 20 heavy (non-hydrogen) atoms. The fourth-order valence-corrected chi connectivity index (χ4v) is 3.41. The maximum atomic E-state index is 6.02. The molecule has 2 atom stereocenters. The largest absolute Gasteiger partial charge is 0.384 e. The predicted molar refractivity (Wildman–Crippen MR) is 83.7 cm³/mol. The number of methoxy groups -OCH3 is 1. The number of rotatable bonds is 3. The molecule has 1 saturated heterocycles. The van der Waals surface area contributed by atoms with E-state index in [1.807, 2.05) is 12.1 Å². The van der Waals surface area contributed by atoms with Crippen LogP contribution in [-0.4, -0.2) is 26.8 Å². The summed E-state index contributed by atoms with van der Waals surface area (Å²) in [6, 6.07) is 6.04. The van der Waals surface area contributed by atoms with Crippen molar-refractivity contribution in [2.75, 3.05) is 26.8 Å². The van der Waals surface area contributed by atoms with Gasteiger partial charge in [-0.3, -0.25) is 0 Å². The zero-order valence-corrected chi connectivity index (χ0v) is 13.3. The third-order valence-corrected chi connectivity index (χ3v) is 5.40. The summed E-state index contributed by atoms with van der Waals surface area (Å²) in [5, 5.41) is 4.74. The first-order valence-corrected chi connectivity index (χ1v) is 8.06. The molecule has 4 rings (SSSR count). The highest BCUT2D eigenvalue weighted by Gasteiger charge is 2.57. The van der Waals surface area contributed by atoms with E-state index < -0.39 is 0 Å². The predicted octanol–water partition coefficient (Wildman–Crippen LogP) is 3.90. The lowest BCUT2D eigenvalue weighted by Gasteiger charge is -2.12. The number of nitrogens with one attached hydrogen (secondary N) is 1. The van der Waals surface area contributed by atoms with Crippen LogP contribution in [0.5, 0.6) is 0 Å². The van der Waals surface area contributed by atoms with Crippen LogP contribution < -0.4 is 5.32 Å². The molecule has 2 aliphatic carbocycles. The van der Waals surface area contributed by atoms with Crippen molar-refractivity contribution in [1.29, 1.82) is 0 Å². The first-order chi connectivity index (χ1) is 9.65. The molecule has 1 N–H and O–H groups in total. The van der Waals surface area contributed by atoms with E-state index >= 15 is 0 Å². The van der Waals surface area contributed by atoms with E-state index in [1.54, 1.807) is 7.11 Å². The highest BCUT2D eigenvalue weighted by Crippen LogP contribution is 2.56. The van der Waals surface area contributed by atoms with Gasteiger partial charge in [0.25, 0.3) is 0 Å². The van der Waals surface area contributed by atoms with Crippen LogP contribution in [0, 0.1) is 11.8 Å². The van der Waals surface area contributed by atoms with Crippen LogP contribution in [0.2, 0.25) is 10.0 Å². The second-order valence-electron chi connectivity index (χ2n) is 6.22. The molecular weight excluding hydrogens is 293 g/mol. The second kappa shape index (κ2) is 5.84. The van der Waals surface area contributed by atoms with Gasteiger partial charge in [0.15, 0.2) is 0 Å². The molecule has 0 aromatic heterocycles. The minimum absolute atomic E-state index is 0.383. The van der Waals surface area contributed by atoms with Gasteiger partial charge >= 0.3 is 0 Å². The molecule has 1 aliphatic heterocycles. The topological polar surface area (TPSA) is 21.3 Å². The molecule has 0 spiro atoms. The number of piperidine rings is 1. The Balaban J connectivity index is 0.000000170. The molecule has 1 aromatic carbocycles. The van der Waals surface area contributed by atoms with Crippen molar-refractivity contribution in [2.24, 2.45) is 11.8 Å². The van der Waals surface area contributed by atoms with Gasteiger partial charge < -0.3 is 10.1 Å². The number of hydrogen-bond donors (Lipinski definition) is 1. The first kappa shape index (κ1) is 14.6. The molecule has 4 heteroatoms. The molecule has 2 nitrogen and oxygen atoms in total. The monoisotopic (exact) mass is 313 g/mol. The van der Waals surface area contributed by atoms with Gasteiger partial charge in [-0.1, -0.05) is 29.3 Å². The van der Waals surface area contributed by atoms with Crippen LogP contribution in [0.4, 0.5) is 0 Å². The molecule has 0 unspecified atom stereocenters. The number of benzene rings is 1. The Hall–Kier alpha value is -0.280. The second-order valence-corrected chi connectivity index (χ2v) is 7.03. The smallest absolute Gasteiger partial charge is 0.0595 e. The maximum absolute atomic E-state index is 6.02. The molecule has 3 fully saturated rings. The summed E-state index contributed by atoms with van der Waals surface area (Å²) in [4.78, 5) is 0. The minimum atomic E-state index is 0.383. The number of hydrogen-bond acceptors (Lipinski definition) is 2. The number of fused-ring (bicyclic) bond motifs is 1. The van der Waals surface area contributed by atoms with E-state index in [-0.39, 0.29) is 0 Å². The Morgan fingerprint density at radius 3 is 2.55 bits per heavy atom. The molecule has 2 saturated carbocycles. The average molecular weight is 314 g/mol.